The van der Waals surface area contributed by atoms with Crippen LogP contribution in [0.5, 0.6) is 0 Å². The van der Waals surface area contributed by atoms with E-state index in [0.717, 1.165) is 0 Å². The summed E-state index contributed by atoms with van der Waals surface area (Å²) in [6.07, 6.45) is 3.14. The lowest BCUT2D eigenvalue weighted by Crippen LogP contribution is -2.04. The Kier molecular flexibility index (Phi) is 2.03. The van der Waals surface area contributed by atoms with E-state index in [9.17, 15) is 4.21 Å². The largest absolute Gasteiger partial charge is 0.253 e. The third-order valence-corrected chi connectivity index (χ3v) is 2.44. The smallest absolute Gasteiger partial charge is 0.124 e. The summed E-state index contributed by atoms with van der Waals surface area (Å²) in [5.74, 6) is 0. The molecule has 0 bridgehead atoms. The molecule has 0 spiro atoms. The van der Waals surface area contributed by atoms with Crippen molar-refractivity contribution in [2.45, 2.75) is 4.90 Å². The van der Waals surface area contributed by atoms with E-state index in [0.29, 0.717) is 15.9 Å². The Bertz CT molecular complexity index is 466. The van der Waals surface area contributed by atoms with Crippen LogP contribution in [0.2, 0.25) is 0 Å². The van der Waals surface area contributed by atoms with Gasteiger partial charge in [0.1, 0.15) is 16.5 Å². The Labute approximate surface area is 77.4 Å². The van der Waals surface area contributed by atoms with E-state index in [1.165, 1.54) is 0 Å². The number of aromatic nitrogens is 2. The summed E-state index contributed by atoms with van der Waals surface area (Å²) < 4.78 is 11.1. The lowest BCUT2D eigenvalue weighted by Gasteiger charge is -1.99. The van der Waals surface area contributed by atoms with Crippen LogP contribution in [-0.2, 0) is 11.0 Å². The number of benzene rings is 1. The van der Waals surface area contributed by atoms with Crippen molar-refractivity contribution in [3.63, 3.8) is 0 Å². The molecule has 1 unspecified atom stereocenters. The van der Waals surface area contributed by atoms with Gasteiger partial charge in [-0.05, 0) is 12.1 Å². The van der Waals surface area contributed by atoms with Crippen LogP contribution in [0.25, 0.3) is 11.0 Å². The van der Waals surface area contributed by atoms with E-state index in [1.54, 1.807) is 30.6 Å². The SMILES string of the molecule is NS(=O)c1cccc2nccnc12. The van der Waals surface area contributed by atoms with Gasteiger partial charge in [0.05, 0.1) is 10.4 Å². The molecule has 0 saturated heterocycles. The first-order chi connectivity index (χ1) is 6.29. The molecule has 0 radical (unpaired) electrons. The van der Waals surface area contributed by atoms with Crippen molar-refractivity contribution in [3.05, 3.63) is 30.6 Å². The highest BCUT2D eigenvalue weighted by Crippen LogP contribution is 2.14. The first-order valence-corrected chi connectivity index (χ1v) is 4.86. The van der Waals surface area contributed by atoms with Gasteiger partial charge in [0.2, 0.25) is 0 Å². The second kappa shape index (κ2) is 3.20. The number of fused-ring (bicyclic) bond motifs is 1. The Morgan fingerprint density at radius 3 is 2.77 bits per heavy atom. The van der Waals surface area contributed by atoms with Crippen LogP contribution >= 0.6 is 0 Å². The van der Waals surface area contributed by atoms with Gasteiger partial charge in [0, 0.05) is 12.4 Å². The van der Waals surface area contributed by atoms with Crippen molar-refractivity contribution in [2.24, 2.45) is 5.14 Å². The Balaban J connectivity index is 2.83. The van der Waals surface area contributed by atoms with Crippen molar-refractivity contribution >= 4 is 22.0 Å². The van der Waals surface area contributed by atoms with Gasteiger partial charge in [-0.2, -0.15) is 0 Å². The summed E-state index contributed by atoms with van der Waals surface area (Å²) in [7, 11) is -1.51. The zero-order chi connectivity index (χ0) is 9.26. The van der Waals surface area contributed by atoms with E-state index in [1.807, 2.05) is 0 Å². The summed E-state index contributed by atoms with van der Waals surface area (Å²) in [5.41, 5.74) is 1.31. The highest BCUT2D eigenvalue weighted by atomic mass is 32.2. The Hall–Kier alpha value is -1.33. The van der Waals surface area contributed by atoms with Crippen molar-refractivity contribution in [1.82, 2.24) is 9.97 Å². The third kappa shape index (κ3) is 1.43. The maximum atomic E-state index is 11.1. The van der Waals surface area contributed by atoms with Gasteiger partial charge in [-0.3, -0.25) is 9.97 Å². The zero-order valence-electron chi connectivity index (χ0n) is 6.68. The van der Waals surface area contributed by atoms with Crippen molar-refractivity contribution in [3.8, 4) is 0 Å². The van der Waals surface area contributed by atoms with Crippen LogP contribution in [0.1, 0.15) is 0 Å². The fraction of sp³-hybridized carbons (Fsp3) is 0. The quantitative estimate of drug-likeness (QED) is 0.721. The van der Waals surface area contributed by atoms with E-state index in [-0.39, 0.29) is 0 Å². The minimum absolute atomic E-state index is 0.519. The van der Waals surface area contributed by atoms with Gasteiger partial charge in [0.15, 0.2) is 0 Å². The molecule has 66 valence electrons. The fourth-order valence-corrected chi connectivity index (χ4v) is 1.69. The van der Waals surface area contributed by atoms with Gasteiger partial charge in [-0.15, -0.1) is 0 Å². The van der Waals surface area contributed by atoms with Crippen molar-refractivity contribution in [1.29, 1.82) is 0 Å². The number of para-hydroxylation sites is 1. The van der Waals surface area contributed by atoms with Crippen LogP contribution in [0.15, 0.2) is 35.5 Å². The molecule has 13 heavy (non-hydrogen) atoms. The molecule has 2 N–H and O–H groups in total. The van der Waals surface area contributed by atoms with Crippen LogP contribution in [0, 0.1) is 0 Å². The Morgan fingerprint density at radius 2 is 2.00 bits per heavy atom. The second-order valence-electron chi connectivity index (χ2n) is 2.48. The van der Waals surface area contributed by atoms with Crippen LogP contribution in [-0.4, -0.2) is 14.2 Å². The average Bonchev–Trinajstić information content (AvgIpc) is 2.17. The average molecular weight is 193 g/mol. The molecule has 0 amide bonds. The van der Waals surface area contributed by atoms with Crippen LogP contribution in [0.3, 0.4) is 0 Å². The van der Waals surface area contributed by atoms with Crippen molar-refractivity contribution in [2.75, 3.05) is 0 Å². The lowest BCUT2D eigenvalue weighted by atomic mass is 10.3. The minimum atomic E-state index is -1.51. The third-order valence-electron chi connectivity index (χ3n) is 1.68. The first kappa shape index (κ1) is 8.28. The standard InChI is InChI=1S/C8H7N3OS/c9-13(12)7-3-1-2-6-8(7)11-5-4-10-6/h1-5H,9H2. The minimum Gasteiger partial charge on any atom is -0.253 e. The summed E-state index contributed by atoms with van der Waals surface area (Å²) >= 11 is 0. The van der Waals surface area contributed by atoms with E-state index in [4.69, 9.17) is 5.14 Å². The highest BCUT2D eigenvalue weighted by molar-refractivity contribution is 7.83. The molecular formula is C8H7N3OS. The maximum Gasteiger partial charge on any atom is 0.124 e. The van der Waals surface area contributed by atoms with Crippen LogP contribution in [0.4, 0.5) is 0 Å². The molecule has 2 aromatic rings. The Morgan fingerprint density at radius 1 is 1.23 bits per heavy atom. The number of hydrogen-bond acceptors (Lipinski definition) is 3. The topological polar surface area (TPSA) is 68.9 Å². The predicted molar refractivity (Wildman–Crippen MR) is 50.1 cm³/mol. The summed E-state index contributed by atoms with van der Waals surface area (Å²) in [4.78, 5) is 8.66. The fourth-order valence-electron chi connectivity index (χ4n) is 1.13. The number of hydrogen-bond donors (Lipinski definition) is 1. The normalized spacial score (nSPS) is 13.0. The van der Waals surface area contributed by atoms with Gasteiger partial charge >= 0.3 is 0 Å². The molecule has 1 aromatic carbocycles. The monoisotopic (exact) mass is 193 g/mol. The van der Waals surface area contributed by atoms with E-state index >= 15 is 0 Å². The van der Waals surface area contributed by atoms with Gasteiger partial charge in [-0.25, -0.2) is 9.35 Å². The number of nitrogens with zero attached hydrogens (tertiary/aromatic N) is 2. The highest BCUT2D eigenvalue weighted by Gasteiger charge is 2.05. The van der Waals surface area contributed by atoms with E-state index < -0.39 is 11.0 Å². The van der Waals surface area contributed by atoms with Gasteiger partial charge in [0.25, 0.3) is 0 Å². The molecule has 0 saturated carbocycles. The molecule has 0 aliphatic rings. The molecule has 0 aliphatic heterocycles. The molecule has 1 aromatic heterocycles. The predicted octanol–water partition coefficient (Wildman–Crippen LogP) is 0.611. The molecule has 1 heterocycles. The van der Waals surface area contributed by atoms with Crippen LogP contribution < -0.4 is 5.14 Å². The van der Waals surface area contributed by atoms with Crippen molar-refractivity contribution < 1.29 is 4.21 Å². The lowest BCUT2D eigenvalue weighted by molar-refractivity contribution is 0.685. The first-order valence-electron chi connectivity index (χ1n) is 3.65. The number of nitrogens with two attached hydrogens (primary N) is 1. The molecule has 0 aliphatic carbocycles. The second-order valence-corrected chi connectivity index (χ2v) is 3.51. The van der Waals surface area contributed by atoms with E-state index in [2.05, 4.69) is 9.97 Å². The summed E-state index contributed by atoms with van der Waals surface area (Å²) in [5, 5.41) is 5.28. The van der Waals surface area contributed by atoms with Gasteiger partial charge in [-0.1, -0.05) is 6.07 Å². The molecule has 0 fully saturated rings. The maximum absolute atomic E-state index is 11.1. The summed E-state index contributed by atoms with van der Waals surface area (Å²) in [6, 6.07) is 5.25. The van der Waals surface area contributed by atoms with Gasteiger partial charge < -0.3 is 0 Å². The summed E-state index contributed by atoms with van der Waals surface area (Å²) in [6.45, 7) is 0. The zero-order valence-corrected chi connectivity index (χ0v) is 7.49. The molecule has 5 heteroatoms. The molecule has 1 atom stereocenters. The molecular weight excluding hydrogens is 186 g/mol. The number of rotatable bonds is 1. The molecule has 2 rings (SSSR count). The molecule has 4 nitrogen and oxygen atoms in total.